The number of anilines is 1. The Morgan fingerprint density at radius 3 is 3.11 bits per heavy atom. The Labute approximate surface area is 109 Å². The average molecular weight is 264 g/mol. The van der Waals surface area contributed by atoms with Gasteiger partial charge in [-0.25, -0.2) is 4.39 Å². The number of carbonyl (C=O) groups is 1. The molecule has 2 heterocycles. The van der Waals surface area contributed by atoms with Gasteiger partial charge in [-0.15, -0.1) is 0 Å². The van der Waals surface area contributed by atoms with Crippen LogP contribution in [-0.2, 0) is 14.4 Å². The Morgan fingerprint density at radius 2 is 2.32 bits per heavy atom. The van der Waals surface area contributed by atoms with E-state index in [-0.39, 0.29) is 23.7 Å². The first-order valence-corrected chi connectivity index (χ1v) is 6.04. The molecule has 2 aliphatic rings. The molecular weight excluding hydrogens is 251 g/mol. The lowest BCUT2D eigenvalue weighted by Gasteiger charge is -2.08. The second-order valence-corrected chi connectivity index (χ2v) is 4.68. The van der Waals surface area contributed by atoms with E-state index in [1.807, 2.05) is 0 Å². The predicted molar refractivity (Wildman–Crippen MR) is 66.4 cm³/mol. The molecule has 0 aliphatic carbocycles. The second-order valence-electron chi connectivity index (χ2n) is 4.68. The number of fused-ring (bicyclic) bond motifs is 1. The van der Waals surface area contributed by atoms with Gasteiger partial charge in [-0.2, -0.15) is 0 Å². The number of aryl methyl sites for hydroxylation is 1. The van der Waals surface area contributed by atoms with Gasteiger partial charge in [0.2, 0.25) is 0 Å². The zero-order valence-corrected chi connectivity index (χ0v) is 10.4. The number of oxime groups is 1. The highest BCUT2D eigenvalue weighted by molar-refractivity contribution is 6.44. The predicted octanol–water partition coefficient (Wildman–Crippen LogP) is 1.47. The topological polar surface area (TPSA) is 59.9 Å². The third-order valence-corrected chi connectivity index (χ3v) is 3.31. The van der Waals surface area contributed by atoms with E-state index < -0.39 is 0 Å². The van der Waals surface area contributed by atoms with Crippen molar-refractivity contribution in [2.45, 2.75) is 13.0 Å². The number of benzene rings is 1. The van der Waals surface area contributed by atoms with Gasteiger partial charge in [0.05, 0.1) is 19.1 Å². The minimum absolute atomic E-state index is 0.110. The Hall–Kier alpha value is -1.95. The van der Waals surface area contributed by atoms with Gasteiger partial charge >= 0.3 is 0 Å². The van der Waals surface area contributed by atoms with Crippen LogP contribution in [0.4, 0.5) is 10.1 Å². The van der Waals surface area contributed by atoms with E-state index >= 15 is 0 Å². The van der Waals surface area contributed by atoms with Crippen molar-refractivity contribution in [3.8, 4) is 0 Å². The number of nitrogens with zero attached hydrogens (tertiary/aromatic N) is 1. The summed E-state index contributed by atoms with van der Waals surface area (Å²) in [4.78, 5) is 17.2. The second kappa shape index (κ2) is 4.62. The van der Waals surface area contributed by atoms with E-state index in [0.717, 1.165) is 0 Å². The van der Waals surface area contributed by atoms with Gasteiger partial charge < -0.3 is 14.9 Å². The molecule has 100 valence electrons. The first-order valence-electron chi connectivity index (χ1n) is 6.04. The summed E-state index contributed by atoms with van der Waals surface area (Å²) in [5.41, 5.74) is 1.35. The van der Waals surface area contributed by atoms with E-state index in [9.17, 15) is 9.18 Å². The summed E-state index contributed by atoms with van der Waals surface area (Å²) in [6, 6.07) is 4.41. The molecule has 19 heavy (non-hydrogen) atoms. The molecule has 3 rings (SSSR count). The number of rotatable bonds is 2. The minimum atomic E-state index is -0.330. The molecule has 2 unspecified atom stereocenters. The molecule has 1 N–H and O–H groups in total. The van der Waals surface area contributed by atoms with E-state index in [1.165, 1.54) is 12.1 Å². The van der Waals surface area contributed by atoms with Gasteiger partial charge in [0.25, 0.3) is 5.91 Å². The largest absolute Gasteiger partial charge is 0.389 e. The maximum Gasteiger partial charge on any atom is 0.273 e. The van der Waals surface area contributed by atoms with E-state index in [0.29, 0.717) is 30.2 Å². The molecule has 2 atom stereocenters. The SMILES string of the molecule is Cc1cc(NC(=O)C2=NOC3COCC23)ccc1F. The lowest BCUT2D eigenvalue weighted by atomic mass is 10.0. The van der Waals surface area contributed by atoms with Crippen LogP contribution < -0.4 is 5.32 Å². The van der Waals surface area contributed by atoms with Crippen LogP contribution in [-0.4, -0.2) is 30.9 Å². The van der Waals surface area contributed by atoms with Crippen LogP contribution in [0.3, 0.4) is 0 Å². The fraction of sp³-hybridized carbons (Fsp3) is 0.385. The average Bonchev–Trinajstić information content (AvgIpc) is 2.95. The number of ether oxygens (including phenoxy) is 1. The van der Waals surface area contributed by atoms with Crippen molar-refractivity contribution in [3.63, 3.8) is 0 Å². The van der Waals surface area contributed by atoms with Crippen LogP contribution in [0, 0.1) is 18.7 Å². The summed E-state index contributed by atoms with van der Waals surface area (Å²) in [6.07, 6.45) is -0.157. The highest BCUT2D eigenvalue weighted by atomic mass is 19.1. The third-order valence-electron chi connectivity index (χ3n) is 3.31. The quantitative estimate of drug-likeness (QED) is 0.880. The van der Waals surface area contributed by atoms with Crippen molar-refractivity contribution < 1.29 is 18.8 Å². The monoisotopic (exact) mass is 264 g/mol. The van der Waals surface area contributed by atoms with E-state index in [4.69, 9.17) is 9.57 Å². The molecule has 0 aromatic heterocycles. The van der Waals surface area contributed by atoms with Gasteiger partial charge in [0.15, 0.2) is 11.8 Å². The van der Waals surface area contributed by atoms with Crippen molar-refractivity contribution in [2.24, 2.45) is 11.1 Å². The van der Waals surface area contributed by atoms with Gasteiger partial charge in [0.1, 0.15) is 5.82 Å². The van der Waals surface area contributed by atoms with Gasteiger partial charge in [-0.1, -0.05) is 5.16 Å². The zero-order valence-electron chi connectivity index (χ0n) is 10.4. The lowest BCUT2D eigenvalue weighted by Crippen LogP contribution is -2.31. The molecule has 1 fully saturated rings. The summed E-state index contributed by atoms with van der Waals surface area (Å²) >= 11 is 0. The maximum absolute atomic E-state index is 13.1. The van der Waals surface area contributed by atoms with Crippen LogP contribution in [0.1, 0.15) is 5.56 Å². The molecule has 5 nitrogen and oxygen atoms in total. The summed E-state index contributed by atoms with van der Waals surface area (Å²) in [6.45, 7) is 2.54. The Bertz CT molecular complexity index is 559. The highest BCUT2D eigenvalue weighted by Gasteiger charge is 2.42. The first-order chi connectivity index (χ1) is 9.15. The van der Waals surface area contributed by atoms with Crippen molar-refractivity contribution in [1.29, 1.82) is 0 Å². The van der Waals surface area contributed by atoms with Crippen LogP contribution in [0.2, 0.25) is 0 Å². The number of carbonyl (C=O) groups excluding carboxylic acids is 1. The number of amides is 1. The summed E-state index contributed by atoms with van der Waals surface area (Å²) in [5, 5.41) is 6.50. The van der Waals surface area contributed by atoms with E-state index in [1.54, 1.807) is 13.0 Å². The Morgan fingerprint density at radius 1 is 1.47 bits per heavy atom. The summed E-state index contributed by atoms with van der Waals surface area (Å²) < 4.78 is 18.4. The van der Waals surface area contributed by atoms with Crippen molar-refractivity contribution >= 4 is 17.3 Å². The maximum atomic E-state index is 13.1. The Kier molecular flexibility index (Phi) is 2.94. The van der Waals surface area contributed by atoms with Crippen molar-refractivity contribution in [2.75, 3.05) is 18.5 Å². The summed E-state index contributed by atoms with van der Waals surface area (Å²) in [7, 11) is 0. The third kappa shape index (κ3) is 2.19. The molecular formula is C13H13FN2O3. The van der Waals surface area contributed by atoms with Crippen LogP contribution in [0.25, 0.3) is 0 Å². The molecule has 0 bridgehead atoms. The number of hydrogen-bond acceptors (Lipinski definition) is 4. The molecule has 6 heteroatoms. The molecule has 1 saturated heterocycles. The lowest BCUT2D eigenvalue weighted by molar-refractivity contribution is -0.110. The molecule has 0 radical (unpaired) electrons. The van der Waals surface area contributed by atoms with Crippen LogP contribution in [0.5, 0.6) is 0 Å². The van der Waals surface area contributed by atoms with Gasteiger partial charge in [-0.05, 0) is 30.7 Å². The molecule has 2 aliphatic heterocycles. The smallest absolute Gasteiger partial charge is 0.273 e. The van der Waals surface area contributed by atoms with Crippen molar-refractivity contribution in [3.05, 3.63) is 29.6 Å². The number of hydrogen-bond donors (Lipinski definition) is 1. The molecule has 1 aromatic carbocycles. The molecule has 0 saturated carbocycles. The van der Waals surface area contributed by atoms with Gasteiger partial charge in [-0.3, -0.25) is 4.79 Å². The summed E-state index contributed by atoms with van der Waals surface area (Å²) in [5.74, 6) is -0.741. The van der Waals surface area contributed by atoms with Crippen LogP contribution >= 0.6 is 0 Å². The molecule has 1 amide bonds. The normalized spacial score (nSPS) is 24.6. The number of nitrogens with one attached hydrogen (secondary N) is 1. The molecule has 0 spiro atoms. The van der Waals surface area contributed by atoms with Gasteiger partial charge in [0, 0.05) is 5.69 Å². The first kappa shape index (κ1) is 12.1. The highest BCUT2D eigenvalue weighted by Crippen LogP contribution is 2.25. The molecule has 1 aromatic rings. The van der Waals surface area contributed by atoms with E-state index in [2.05, 4.69) is 10.5 Å². The fourth-order valence-corrected chi connectivity index (χ4v) is 2.21. The zero-order chi connectivity index (χ0) is 13.4. The van der Waals surface area contributed by atoms with Crippen LogP contribution in [0.15, 0.2) is 23.4 Å². The number of halogens is 1. The fourth-order valence-electron chi connectivity index (χ4n) is 2.21. The standard InChI is InChI=1S/C13H13FN2O3/c1-7-4-8(2-3-10(7)14)15-13(17)12-9-5-18-6-11(9)19-16-12/h2-4,9,11H,5-6H2,1H3,(H,15,17). The minimum Gasteiger partial charge on any atom is -0.389 e. The van der Waals surface area contributed by atoms with Crippen molar-refractivity contribution in [1.82, 2.24) is 0 Å². The Balaban J connectivity index is 1.73.